The van der Waals surface area contributed by atoms with Crippen molar-refractivity contribution in [3.8, 4) is 0 Å². The van der Waals surface area contributed by atoms with Gasteiger partial charge in [-0.15, -0.1) is 0 Å². The second-order valence-electron chi connectivity index (χ2n) is 4.23. The first-order valence-corrected chi connectivity index (χ1v) is 8.27. The van der Waals surface area contributed by atoms with Gasteiger partial charge in [0.2, 0.25) is 5.91 Å². The number of nitrogens with one attached hydrogen (secondary N) is 2. The number of anilines is 1. The van der Waals surface area contributed by atoms with Crippen LogP contribution in [-0.2, 0) is 4.79 Å². The number of imidazole rings is 1. The molecule has 2 N–H and O–H groups in total. The molecule has 1 amide bonds. The molecule has 0 saturated heterocycles. The zero-order valence-corrected chi connectivity index (χ0v) is 13.8. The molecular weight excluding hydrogens is 399 g/mol. The third-order valence-electron chi connectivity index (χ3n) is 2.72. The summed E-state index contributed by atoms with van der Waals surface area (Å²) in [7, 11) is 0. The molecule has 0 atom stereocenters. The second-order valence-corrected chi connectivity index (χ2v) is 6.36. The van der Waals surface area contributed by atoms with Crippen molar-refractivity contribution in [1.82, 2.24) is 15.0 Å². The first-order valence-electron chi connectivity index (χ1n) is 6.20. The van der Waals surface area contributed by atoms with Gasteiger partial charge in [0.05, 0.1) is 17.0 Å². The van der Waals surface area contributed by atoms with E-state index in [0.717, 1.165) is 14.8 Å². The molecule has 0 fully saturated rings. The summed E-state index contributed by atoms with van der Waals surface area (Å²) in [6.45, 7) is 0. The van der Waals surface area contributed by atoms with E-state index >= 15 is 0 Å². The van der Waals surface area contributed by atoms with Crippen molar-refractivity contribution in [1.29, 1.82) is 0 Å². The zero-order valence-electron chi connectivity index (χ0n) is 10.8. The van der Waals surface area contributed by atoms with E-state index in [2.05, 4.69) is 42.9 Å². The molecule has 5 nitrogen and oxygen atoms in total. The molecule has 7 heteroatoms. The fourth-order valence-electron chi connectivity index (χ4n) is 1.77. The summed E-state index contributed by atoms with van der Waals surface area (Å²) >= 11 is 3.55. The Balaban J connectivity index is 1.62. The number of carbonyl (C=O) groups is 1. The van der Waals surface area contributed by atoms with Gasteiger partial charge in [0, 0.05) is 9.77 Å². The van der Waals surface area contributed by atoms with Crippen LogP contribution in [0.25, 0.3) is 11.2 Å². The Bertz CT molecular complexity index is 756. The van der Waals surface area contributed by atoms with Gasteiger partial charge in [0.1, 0.15) is 0 Å². The molecule has 3 aromatic rings. The summed E-state index contributed by atoms with van der Waals surface area (Å²) in [6, 6.07) is 11.4. The lowest BCUT2D eigenvalue weighted by molar-refractivity contribution is -0.113. The summed E-state index contributed by atoms with van der Waals surface area (Å²) < 4.78 is 1.02. The van der Waals surface area contributed by atoms with E-state index in [1.54, 1.807) is 6.20 Å². The van der Waals surface area contributed by atoms with E-state index in [9.17, 15) is 4.79 Å². The summed E-state index contributed by atoms with van der Waals surface area (Å²) in [4.78, 5) is 23.6. The number of benzene rings is 1. The SMILES string of the molecule is O=C(CSc1nc2ncccc2[nH]1)Nc1ccccc1I. The van der Waals surface area contributed by atoms with Gasteiger partial charge in [0.25, 0.3) is 0 Å². The second kappa shape index (κ2) is 6.44. The number of halogens is 1. The maximum absolute atomic E-state index is 12.0. The topological polar surface area (TPSA) is 70.7 Å². The van der Waals surface area contributed by atoms with Gasteiger partial charge < -0.3 is 10.3 Å². The smallest absolute Gasteiger partial charge is 0.234 e. The number of aromatic amines is 1. The number of rotatable bonds is 4. The summed E-state index contributed by atoms with van der Waals surface area (Å²) in [6.07, 6.45) is 1.70. The zero-order chi connectivity index (χ0) is 14.7. The minimum Gasteiger partial charge on any atom is -0.332 e. The minimum atomic E-state index is -0.0578. The molecule has 0 aliphatic heterocycles. The number of fused-ring (bicyclic) bond motifs is 1. The number of H-pyrrole nitrogens is 1. The maximum Gasteiger partial charge on any atom is 0.234 e. The van der Waals surface area contributed by atoms with E-state index in [1.165, 1.54) is 11.8 Å². The van der Waals surface area contributed by atoms with Crippen LogP contribution in [0.1, 0.15) is 0 Å². The fourth-order valence-corrected chi connectivity index (χ4v) is 2.97. The van der Waals surface area contributed by atoms with E-state index in [4.69, 9.17) is 0 Å². The highest BCUT2D eigenvalue weighted by molar-refractivity contribution is 14.1. The lowest BCUT2D eigenvalue weighted by Gasteiger charge is -2.06. The minimum absolute atomic E-state index is 0.0578. The first-order chi connectivity index (χ1) is 10.2. The van der Waals surface area contributed by atoms with Crippen LogP contribution in [0.4, 0.5) is 5.69 Å². The van der Waals surface area contributed by atoms with Crippen molar-refractivity contribution < 1.29 is 4.79 Å². The number of carbonyl (C=O) groups excluding carboxylic acids is 1. The fraction of sp³-hybridized carbons (Fsp3) is 0.0714. The average Bonchev–Trinajstić information content (AvgIpc) is 2.90. The van der Waals surface area contributed by atoms with Crippen molar-refractivity contribution in [2.24, 2.45) is 0 Å². The van der Waals surface area contributed by atoms with Crippen LogP contribution in [-0.4, -0.2) is 26.6 Å². The third kappa shape index (κ3) is 3.53. The molecule has 0 aliphatic carbocycles. The molecule has 2 heterocycles. The molecule has 21 heavy (non-hydrogen) atoms. The van der Waals surface area contributed by atoms with Crippen LogP contribution >= 0.6 is 34.4 Å². The molecule has 0 unspecified atom stereocenters. The van der Waals surface area contributed by atoms with Crippen molar-refractivity contribution in [3.63, 3.8) is 0 Å². The van der Waals surface area contributed by atoms with Crippen molar-refractivity contribution in [2.75, 3.05) is 11.1 Å². The molecule has 3 rings (SSSR count). The molecule has 1 aromatic carbocycles. The monoisotopic (exact) mass is 410 g/mol. The Morgan fingerprint density at radius 3 is 2.95 bits per heavy atom. The van der Waals surface area contributed by atoms with Crippen molar-refractivity contribution in [3.05, 3.63) is 46.2 Å². The van der Waals surface area contributed by atoms with Gasteiger partial charge in [-0.2, -0.15) is 0 Å². The van der Waals surface area contributed by atoms with Gasteiger partial charge in [-0.1, -0.05) is 23.9 Å². The highest BCUT2D eigenvalue weighted by atomic mass is 127. The predicted molar refractivity (Wildman–Crippen MR) is 92.4 cm³/mol. The van der Waals surface area contributed by atoms with Crippen molar-refractivity contribution >= 4 is 57.1 Å². The molecule has 0 bridgehead atoms. The lowest BCUT2D eigenvalue weighted by Crippen LogP contribution is -2.14. The van der Waals surface area contributed by atoms with Gasteiger partial charge in [-0.05, 0) is 46.9 Å². The van der Waals surface area contributed by atoms with E-state index in [-0.39, 0.29) is 5.91 Å². The van der Waals surface area contributed by atoms with E-state index in [1.807, 2.05) is 36.4 Å². The van der Waals surface area contributed by atoms with Crippen LogP contribution in [0, 0.1) is 3.57 Å². The Hall–Kier alpha value is -1.61. The average molecular weight is 410 g/mol. The van der Waals surface area contributed by atoms with Gasteiger partial charge in [-0.3, -0.25) is 4.79 Å². The maximum atomic E-state index is 12.0. The van der Waals surface area contributed by atoms with Crippen LogP contribution in [0.5, 0.6) is 0 Å². The number of aromatic nitrogens is 3. The largest absolute Gasteiger partial charge is 0.332 e. The quantitative estimate of drug-likeness (QED) is 0.512. The van der Waals surface area contributed by atoms with Gasteiger partial charge in [0.15, 0.2) is 10.8 Å². The number of hydrogen-bond acceptors (Lipinski definition) is 4. The van der Waals surface area contributed by atoms with Gasteiger partial charge >= 0.3 is 0 Å². The molecule has 0 saturated carbocycles. The van der Waals surface area contributed by atoms with Crippen molar-refractivity contribution in [2.45, 2.75) is 5.16 Å². The molecule has 0 radical (unpaired) electrons. The molecule has 0 aliphatic rings. The Kier molecular flexibility index (Phi) is 4.39. The summed E-state index contributed by atoms with van der Waals surface area (Å²) in [5, 5.41) is 3.59. The third-order valence-corrected chi connectivity index (χ3v) is 4.54. The normalized spacial score (nSPS) is 10.7. The summed E-state index contributed by atoms with van der Waals surface area (Å²) in [5.41, 5.74) is 2.37. The Labute approximate surface area is 139 Å². The van der Waals surface area contributed by atoms with Crippen LogP contribution in [0.15, 0.2) is 47.8 Å². The van der Waals surface area contributed by atoms with Crippen LogP contribution < -0.4 is 5.32 Å². The van der Waals surface area contributed by atoms with E-state index < -0.39 is 0 Å². The number of nitrogens with zero attached hydrogens (tertiary/aromatic N) is 2. The molecular formula is C14H11IN4OS. The number of thioether (sulfide) groups is 1. The Morgan fingerprint density at radius 2 is 2.14 bits per heavy atom. The lowest BCUT2D eigenvalue weighted by atomic mass is 10.3. The number of pyridine rings is 1. The Morgan fingerprint density at radius 1 is 1.29 bits per heavy atom. The number of amides is 1. The number of hydrogen-bond donors (Lipinski definition) is 2. The van der Waals surface area contributed by atoms with E-state index in [0.29, 0.717) is 16.6 Å². The van der Waals surface area contributed by atoms with Crippen LogP contribution in [0.3, 0.4) is 0 Å². The molecule has 0 spiro atoms. The molecule has 2 aromatic heterocycles. The number of para-hydroxylation sites is 1. The molecule has 106 valence electrons. The first kappa shape index (κ1) is 14.3. The standard InChI is InChI=1S/C14H11IN4OS/c15-9-4-1-2-5-10(9)17-12(20)8-21-14-18-11-6-3-7-16-13(11)19-14/h1-7H,8H2,(H,17,20)(H,16,18,19). The highest BCUT2D eigenvalue weighted by Gasteiger charge is 2.08. The predicted octanol–water partition coefficient (Wildman–Crippen LogP) is 3.29. The summed E-state index contributed by atoms with van der Waals surface area (Å²) in [5.74, 6) is 0.239. The highest BCUT2D eigenvalue weighted by Crippen LogP contribution is 2.20. The van der Waals surface area contributed by atoms with Crippen LogP contribution in [0.2, 0.25) is 0 Å². The van der Waals surface area contributed by atoms with Gasteiger partial charge in [-0.25, -0.2) is 9.97 Å².